The van der Waals surface area contributed by atoms with E-state index in [1.165, 1.54) is 5.56 Å². The maximum absolute atomic E-state index is 6.02. The van der Waals surface area contributed by atoms with Crippen LogP contribution in [0.3, 0.4) is 0 Å². The number of nitrogens with one attached hydrogen (secondary N) is 1. The minimum absolute atomic E-state index is 0.345. The standard InChI is InChI=1S/C18H14BrClN2/c1-10-15(11-2-5-13(20)6-3-11)9-17-18(21-10)14-7-4-12(19)8-16(14)22-17/h2,4-9,11,22H,3H2,1H3. The lowest BCUT2D eigenvalue weighted by Gasteiger charge is -2.16. The number of allylic oxidation sites excluding steroid dienone is 4. The van der Waals surface area contributed by atoms with Crippen LogP contribution >= 0.6 is 27.5 Å². The van der Waals surface area contributed by atoms with Crippen molar-refractivity contribution in [1.82, 2.24) is 9.97 Å². The van der Waals surface area contributed by atoms with E-state index in [-0.39, 0.29) is 0 Å². The summed E-state index contributed by atoms with van der Waals surface area (Å²) < 4.78 is 1.07. The zero-order valence-electron chi connectivity index (χ0n) is 12.0. The molecule has 0 saturated carbocycles. The van der Waals surface area contributed by atoms with E-state index in [1.807, 2.05) is 6.08 Å². The van der Waals surface area contributed by atoms with Gasteiger partial charge in [-0.1, -0.05) is 39.7 Å². The first-order chi connectivity index (χ1) is 10.6. The molecular formula is C18H14BrClN2. The predicted molar refractivity (Wildman–Crippen MR) is 96.5 cm³/mol. The number of rotatable bonds is 1. The summed E-state index contributed by atoms with van der Waals surface area (Å²) in [6.07, 6.45) is 7.13. The fourth-order valence-electron chi connectivity index (χ4n) is 3.09. The van der Waals surface area contributed by atoms with Gasteiger partial charge in [0.2, 0.25) is 0 Å². The SMILES string of the molecule is Cc1nc2c(cc1C1C=CC(Cl)=CC1)[nH]c1cc(Br)ccc12. The molecule has 2 heterocycles. The number of hydrogen-bond acceptors (Lipinski definition) is 1. The molecule has 3 aromatic rings. The Morgan fingerprint density at radius 2 is 2.14 bits per heavy atom. The van der Waals surface area contributed by atoms with Crippen LogP contribution in [-0.4, -0.2) is 9.97 Å². The lowest BCUT2D eigenvalue weighted by molar-refractivity contribution is 0.835. The topological polar surface area (TPSA) is 28.7 Å². The zero-order valence-corrected chi connectivity index (χ0v) is 14.4. The van der Waals surface area contributed by atoms with Crippen LogP contribution in [0.25, 0.3) is 21.9 Å². The number of aromatic amines is 1. The number of hydrogen-bond donors (Lipinski definition) is 1. The average Bonchev–Trinajstić information content (AvgIpc) is 2.84. The molecule has 22 heavy (non-hydrogen) atoms. The molecule has 4 rings (SSSR count). The molecule has 1 aromatic carbocycles. The Balaban J connectivity index is 1.89. The van der Waals surface area contributed by atoms with Crippen molar-refractivity contribution in [2.24, 2.45) is 0 Å². The fourth-order valence-corrected chi connectivity index (χ4v) is 3.62. The van der Waals surface area contributed by atoms with Crippen LogP contribution in [0.1, 0.15) is 23.6 Å². The smallest absolute Gasteiger partial charge is 0.0960 e. The van der Waals surface area contributed by atoms with E-state index in [4.69, 9.17) is 16.6 Å². The molecule has 0 fully saturated rings. The van der Waals surface area contributed by atoms with Gasteiger partial charge in [-0.3, -0.25) is 4.98 Å². The normalized spacial score (nSPS) is 18.1. The number of fused-ring (bicyclic) bond motifs is 3. The van der Waals surface area contributed by atoms with Gasteiger partial charge in [0.15, 0.2) is 0 Å². The Bertz CT molecular complexity index is 953. The van der Waals surface area contributed by atoms with Crippen molar-refractivity contribution in [3.63, 3.8) is 0 Å². The molecule has 0 amide bonds. The lowest BCUT2D eigenvalue weighted by Crippen LogP contribution is -2.01. The first-order valence-electron chi connectivity index (χ1n) is 7.24. The van der Waals surface area contributed by atoms with E-state index in [2.05, 4.69) is 64.3 Å². The van der Waals surface area contributed by atoms with Crippen molar-refractivity contribution in [2.45, 2.75) is 19.3 Å². The second-order valence-corrected chi connectivity index (χ2v) is 7.02. The maximum Gasteiger partial charge on any atom is 0.0960 e. The molecule has 110 valence electrons. The number of aryl methyl sites for hydroxylation is 1. The molecule has 4 heteroatoms. The van der Waals surface area contributed by atoms with Gasteiger partial charge in [-0.2, -0.15) is 0 Å². The van der Waals surface area contributed by atoms with Gasteiger partial charge in [-0.15, -0.1) is 0 Å². The molecule has 0 saturated heterocycles. The summed E-state index contributed by atoms with van der Waals surface area (Å²) in [6, 6.07) is 8.48. The molecule has 0 radical (unpaired) electrons. The number of halogens is 2. The largest absolute Gasteiger partial charge is 0.353 e. The molecular weight excluding hydrogens is 360 g/mol. The van der Waals surface area contributed by atoms with Crippen LogP contribution in [0.2, 0.25) is 0 Å². The third kappa shape index (κ3) is 2.29. The molecule has 2 nitrogen and oxygen atoms in total. The van der Waals surface area contributed by atoms with Crippen molar-refractivity contribution in [3.05, 3.63) is 63.3 Å². The molecule has 0 bridgehead atoms. The highest BCUT2D eigenvalue weighted by Crippen LogP contribution is 2.33. The van der Waals surface area contributed by atoms with E-state index in [1.54, 1.807) is 0 Å². The quantitative estimate of drug-likeness (QED) is 0.560. The van der Waals surface area contributed by atoms with Crippen molar-refractivity contribution in [3.8, 4) is 0 Å². The van der Waals surface area contributed by atoms with Crippen molar-refractivity contribution in [1.29, 1.82) is 0 Å². The van der Waals surface area contributed by atoms with Gasteiger partial charge >= 0.3 is 0 Å². The van der Waals surface area contributed by atoms with Gasteiger partial charge in [0, 0.05) is 32.0 Å². The first-order valence-corrected chi connectivity index (χ1v) is 8.41. The van der Waals surface area contributed by atoms with Gasteiger partial charge in [0.25, 0.3) is 0 Å². The third-order valence-corrected chi connectivity index (χ3v) is 4.99. The summed E-state index contributed by atoms with van der Waals surface area (Å²) in [5.41, 5.74) is 5.57. The van der Waals surface area contributed by atoms with Crippen LogP contribution in [0.4, 0.5) is 0 Å². The fraction of sp³-hybridized carbons (Fsp3) is 0.167. The first kappa shape index (κ1) is 14.0. The van der Waals surface area contributed by atoms with Gasteiger partial charge in [0.05, 0.1) is 11.0 Å². The third-order valence-electron chi connectivity index (χ3n) is 4.21. The average molecular weight is 374 g/mol. The van der Waals surface area contributed by atoms with E-state index in [0.29, 0.717) is 5.92 Å². The molecule has 1 aliphatic carbocycles. The lowest BCUT2D eigenvalue weighted by atomic mass is 9.91. The van der Waals surface area contributed by atoms with E-state index < -0.39 is 0 Å². The van der Waals surface area contributed by atoms with Crippen LogP contribution in [0.15, 0.2) is 52.0 Å². The van der Waals surface area contributed by atoms with E-state index in [0.717, 1.165) is 43.6 Å². The Hall–Kier alpha value is -1.58. The number of H-pyrrole nitrogens is 1. The zero-order chi connectivity index (χ0) is 15.3. The molecule has 1 N–H and O–H groups in total. The minimum Gasteiger partial charge on any atom is -0.353 e. The molecule has 1 aliphatic rings. The van der Waals surface area contributed by atoms with Gasteiger partial charge < -0.3 is 4.98 Å². The summed E-state index contributed by atoms with van der Waals surface area (Å²) in [4.78, 5) is 8.33. The van der Waals surface area contributed by atoms with E-state index >= 15 is 0 Å². The number of pyridine rings is 1. The Kier molecular flexibility index (Phi) is 3.35. The number of nitrogens with zero attached hydrogens (tertiary/aromatic N) is 1. The summed E-state index contributed by atoms with van der Waals surface area (Å²) in [6.45, 7) is 2.08. The van der Waals surface area contributed by atoms with Gasteiger partial charge in [-0.25, -0.2) is 0 Å². The minimum atomic E-state index is 0.345. The van der Waals surface area contributed by atoms with Crippen LogP contribution in [0.5, 0.6) is 0 Å². The predicted octanol–water partition coefficient (Wildman–Crippen LogP) is 5.95. The highest BCUT2D eigenvalue weighted by molar-refractivity contribution is 9.10. The molecule has 0 aliphatic heterocycles. The summed E-state index contributed by atoms with van der Waals surface area (Å²) >= 11 is 9.54. The van der Waals surface area contributed by atoms with E-state index in [9.17, 15) is 0 Å². The van der Waals surface area contributed by atoms with Gasteiger partial charge in [0.1, 0.15) is 0 Å². The number of aromatic nitrogens is 2. The molecule has 2 aromatic heterocycles. The Morgan fingerprint density at radius 3 is 2.91 bits per heavy atom. The Labute approximate surface area is 142 Å². The van der Waals surface area contributed by atoms with Crippen LogP contribution in [-0.2, 0) is 0 Å². The summed E-state index contributed by atoms with van der Waals surface area (Å²) in [7, 11) is 0. The summed E-state index contributed by atoms with van der Waals surface area (Å²) in [5.74, 6) is 0.345. The van der Waals surface area contributed by atoms with Crippen LogP contribution < -0.4 is 0 Å². The molecule has 0 spiro atoms. The van der Waals surface area contributed by atoms with Crippen LogP contribution in [0, 0.1) is 6.92 Å². The van der Waals surface area contributed by atoms with Crippen molar-refractivity contribution >= 4 is 49.5 Å². The van der Waals surface area contributed by atoms with Crippen molar-refractivity contribution < 1.29 is 0 Å². The maximum atomic E-state index is 6.02. The molecule has 1 unspecified atom stereocenters. The van der Waals surface area contributed by atoms with Gasteiger partial charge in [-0.05, 0) is 49.2 Å². The second kappa shape index (κ2) is 5.25. The monoisotopic (exact) mass is 372 g/mol. The van der Waals surface area contributed by atoms with Crippen molar-refractivity contribution in [2.75, 3.05) is 0 Å². The summed E-state index contributed by atoms with van der Waals surface area (Å²) in [5, 5.41) is 1.98. The Morgan fingerprint density at radius 1 is 1.27 bits per heavy atom. The second-order valence-electron chi connectivity index (χ2n) is 5.66. The number of benzene rings is 1. The highest BCUT2D eigenvalue weighted by atomic mass is 79.9. The highest BCUT2D eigenvalue weighted by Gasteiger charge is 2.16. The molecule has 1 atom stereocenters.